The highest BCUT2D eigenvalue weighted by Gasteiger charge is 2.07. The van der Waals surface area contributed by atoms with Crippen LogP contribution in [0.3, 0.4) is 0 Å². The number of carbonyl (C=O) groups excluding carboxylic acids is 1. The zero-order valence-corrected chi connectivity index (χ0v) is 11.7. The molecule has 1 amide bonds. The molecule has 0 aliphatic carbocycles. The van der Waals surface area contributed by atoms with Crippen molar-refractivity contribution < 1.29 is 4.79 Å². The van der Waals surface area contributed by atoms with Crippen molar-refractivity contribution in [1.82, 2.24) is 15.1 Å². The first-order chi connectivity index (χ1) is 9.61. The SMILES string of the molecule is CCNC(=O)c1ccc(NCc2ccnn2C)c(N)c1. The fourth-order valence-corrected chi connectivity index (χ4v) is 1.89. The van der Waals surface area contributed by atoms with Crippen LogP contribution in [0.5, 0.6) is 0 Å². The minimum atomic E-state index is -0.114. The smallest absolute Gasteiger partial charge is 0.251 e. The number of aryl methyl sites for hydroxylation is 1. The number of aromatic nitrogens is 2. The van der Waals surface area contributed by atoms with Crippen molar-refractivity contribution in [3.8, 4) is 0 Å². The average molecular weight is 273 g/mol. The van der Waals surface area contributed by atoms with E-state index in [9.17, 15) is 4.79 Å². The lowest BCUT2D eigenvalue weighted by Crippen LogP contribution is -2.22. The third kappa shape index (κ3) is 3.09. The third-order valence-electron chi connectivity index (χ3n) is 3.03. The molecule has 106 valence electrons. The topological polar surface area (TPSA) is 85.0 Å². The van der Waals surface area contributed by atoms with Crippen LogP contribution in [0.1, 0.15) is 23.0 Å². The van der Waals surface area contributed by atoms with Crippen molar-refractivity contribution >= 4 is 17.3 Å². The lowest BCUT2D eigenvalue weighted by Gasteiger charge is -2.11. The highest BCUT2D eigenvalue weighted by Crippen LogP contribution is 2.20. The summed E-state index contributed by atoms with van der Waals surface area (Å²) in [5.41, 5.74) is 8.94. The van der Waals surface area contributed by atoms with Gasteiger partial charge in [-0.25, -0.2) is 0 Å². The van der Waals surface area contributed by atoms with Crippen LogP contribution in [0.25, 0.3) is 0 Å². The highest BCUT2D eigenvalue weighted by molar-refractivity contribution is 5.96. The Bertz CT molecular complexity index is 605. The van der Waals surface area contributed by atoms with Gasteiger partial charge >= 0.3 is 0 Å². The number of nitrogens with zero attached hydrogens (tertiary/aromatic N) is 2. The van der Waals surface area contributed by atoms with Crippen LogP contribution >= 0.6 is 0 Å². The summed E-state index contributed by atoms with van der Waals surface area (Å²) >= 11 is 0. The second-order valence-electron chi connectivity index (χ2n) is 4.46. The minimum Gasteiger partial charge on any atom is -0.397 e. The molecule has 1 aromatic heterocycles. The fourth-order valence-electron chi connectivity index (χ4n) is 1.89. The Morgan fingerprint density at radius 2 is 2.20 bits per heavy atom. The Balaban J connectivity index is 2.06. The largest absolute Gasteiger partial charge is 0.397 e. The first-order valence-electron chi connectivity index (χ1n) is 6.50. The van der Waals surface area contributed by atoms with E-state index in [-0.39, 0.29) is 5.91 Å². The molecule has 0 saturated heterocycles. The molecule has 2 rings (SSSR count). The summed E-state index contributed by atoms with van der Waals surface area (Å²) in [5, 5.41) is 10.1. The number of hydrogen-bond donors (Lipinski definition) is 3. The van der Waals surface area contributed by atoms with Crippen LogP contribution in [-0.4, -0.2) is 22.2 Å². The minimum absolute atomic E-state index is 0.114. The predicted molar refractivity (Wildman–Crippen MR) is 79.4 cm³/mol. The maximum Gasteiger partial charge on any atom is 0.251 e. The Kier molecular flexibility index (Phi) is 4.24. The first-order valence-corrected chi connectivity index (χ1v) is 6.50. The number of nitrogens with one attached hydrogen (secondary N) is 2. The standard InChI is InChI=1S/C14H19N5O/c1-3-16-14(20)10-4-5-13(12(15)8-10)17-9-11-6-7-18-19(11)2/h4-8,17H,3,9,15H2,1-2H3,(H,16,20). The van der Waals surface area contributed by atoms with E-state index in [1.54, 1.807) is 23.0 Å². The number of nitrogen functional groups attached to an aromatic ring is 1. The zero-order chi connectivity index (χ0) is 14.5. The van der Waals surface area contributed by atoms with E-state index in [2.05, 4.69) is 15.7 Å². The van der Waals surface area contributed by atoms with E-state index in [4.69, 9.17) is 5.73 Å². The predicted octanol–water partition coefficient (Wildman–Crippen LogP) is 1.36. The molecule has 20 heavy (non-hydrogen) atoms. The molecule has 0 radical (unpaired) electrons. The van der Waals surface area contributed by atoms with Crippen molar-refractivity contribution in [3.63, 3.8) is 0 Å². The molecule has 4 N–H and O–H groups in total. The maximum absolute atomic E-state index is 11.7. The van der Waals surface area contributed by atoms with Gasteiger partial charge in [-0.3, -0.25) is 9.48 Å². The first kappa shape index (κ1) is 13.9. The van der Waals surface area contributed by atoms with Gasteiger partial charge in [0.2, 0.25) is 0 Å². The number of carbonyl (C=O) groups is 1. The van der Waals surface area contributed by atoms with Crippen molar-refractivity contribution in [3.05, 3.63) is 41.7 Å². The summed E-state index contributed by atoms with van der Waals surface area (Å²) in [7, 11) is 1.89. The number of anilines is 2. The molecule has 0 spiro atoms. The summed E-state index contributed by atoms with van der Waals surface area (Å²) in [6.45, 7) is 3.10. The molecule has 1 aromatic carbocycles. The van der Waals surface area contributed by atoms with Gasteiger partial charge in [-0.2, -0.15) is 5.10 Å². The van der Waals surface area contributed by atoms with Crippen molar-refractivity contribution in [2.75, 3.05) is 17.6 Å². The van der Waals surface area contributed by atoms with E-state index in [0.29, 0.717) is 24.3 Å². The van der Waals surface area contributed by atoms with Crippen LogP contribution in [-0.2, 0) is 13.6 Å². The van der Waals surface area contributed by atoms with Gasteiger partial charge in [0.1, 0.15) is 0 Å². The van der Waals surface area contributed by atoms with Crippen LogP contribution in [0.15, 0.2) is 30.5 Å². The number of amides is 1. The molecule has 2 aromatic rings. The van der Waals surface area contributed by atoms with Crippen LogP contribution in [0.4, 0.5) is 11.4 Å². The molecule has 6 heteroatoms. The van der Waals surface area contributed by atoms with E-state index < -0.39 is 0 Å². The van der Waals surface area contributed by atoms with Gasteiger partial charge in [0, 0.05) is 25.4 Å². The normalized spacial score (nSPS) is 10.3. The monoisotopic (exact) mass is 273 g/mol. The summed E-state index contributed by atoms with van der Waals surface area (Å²) in [4.78, 5) is 11.7. The quantitative estimate of drug-likeness (QED) is 0.718. The Labute approximate surface area is 118 Å². The Morgan fingerprint density at radius 3 is 2.80 bits per heavy atom. The van der Waals surface area contributed by atoms with Crippen molar-refractivity contribution in [2.45, 2.75) is 13.5 Å². The summed E-state index contributed by atoms with van der Waals surface area (Å²) < 4.78 is 1.80. The molecule has 0 aliphatic heterocycles. The summed E-state index contributed by atoms with van der Waals surface area (Å²) in [6, 6.07) is 7.19. The van der Waals surface area contributed by atoms with Crippen molar-refractivity contribution in [2.24, 2.45) is 7.05 Å². The van der Waals surface area contributed by atoms with Crippen LogP contribution in [0, 0.1) is 0 Å². The van der Waals surface area contributed by atoms with Crippen LogP contribution < -0.4 is 16.4 Å². The van der Waals surface area contributed by atoms with Gasteiger partial charge in [0.25, 0.3) is 5.91 Å². The second kappa shape index (κ2) is 6.10. The van der Waals surface area contributed by atoms with E-state index in [1.165, 1.54) is 0 Å². The Morgan fingerprint density at radius 1 is 1.40 bits per heavy atom. The maximum atomic E-state index is 11.7. The lowest BCUT2D eigenvalue weighted by atomic mass is 10.1. The van der Waals surface area contributed by atoms with Gasteiger partial charge in [0.15, 0.2) is 0 Å². The molecule has 0 aliphatic rings. The average Bonchev–Trinajstić information content (AvgIpc) is 2.83. The Hall–Kier alpha value is -2.50. The molecular formula is C14H19N5O. The van der Waals surface area contributed by atoms with E-state index in [0.717, 1.165) is 11.4 Å². The number of hydrogen-bond acceptors (Lipinski definition) is 4. The van der Waals surface area contributed by atoms with E-state index >= 15 is 0 Å². The van der Waals surface area contributed by atoms with E-state index in [1.807, 2.05) is 26.1 Å². The summed E-state index contributed by atoms with van der Waals surface area (Å²) in [6.07, 6.45) is 1.75. The molecular weight excluding hydrogens is 254 g/mol. The molecule has 0 atom stereocenters. The third-order valence-corrected chi connectivity index (χ3v) is 3.03. The second-order valence-corrected chi connectivity index (χ2v) is 4.46. The zero-order valence-electron chi connectivity index (χ0n) is 11.7. The molecule has 0 unspecified atom stereocenters. The number of rotatable bonds is 5. The molecule has 0 fully saturated rings. The molecule has 0 saturated carbocycles. The highest BCUT2D eigenvalue weighted by atomic mass is 16.1. The van der Waals surface area contributed by atoms with Gasteiger partial charge < -0.3 is 16.4 Å². The molecule has 6 nitrogen and oxygen atoms in total. The van der Waals surface area contributed by atoms with Crippen LogP contribution in [0.2, 0.25) is 0 Å². The number of nitrogens with two attached hydrogens (primary N) is 1. The van der Waals surface area contributed by atoms with Gasteiger partial charge in [0.05, 0.1) is 23.6 Å². The van der Waals surface area contributed by atoms with Gasteiger partial charge in [-0.15, -0.1) is 0 Å². The summed E-state index contributed by atoms with van der Waals surface area (Å²) in [5.74, 6) is -0.114. The molecule has 1 heterocycles. The van der Waals surface area contributed by atoms with Gasteiger partial charge in [-0.05, 0) is 31.2 Å². The lowest BCUT2D eigenvalue weighted by molar-refractivity contribution is 0.0956. The van der Waals surface area contributed by atoms with Gasteiger partial charge in [-0.1, -0.05) is 0 Å². The fraction of sp³-hybridized carbons (Fsp3) is 0.286. The number of benzene rings is 1. The molecule has 0 bridgehead atoms. The van der Waals surface area contributed by atoms with Crippen molar-refractivity contribution in [1.29, 1.82) is 0 Å².